The predicted molar refractivity (Wildman–Crippen MR) is 22.7 cm³/mol. The number of nitrogens with zero attached hydrogens (tertiary/aromatic N) is 1. The van der Waals surface area contributed by atoms with Crippen molar-refractivity contribution in [3.05, 3.63) is 12.1 Å². The van der Waals surface area contributed by atoms with E-state index >= 15 is 0 Å². The molecule has 0 aromatic heterocycles. The van der Waals surface area contributed by atoms with Crippen LogP contribution in [0.4, 0.5) is 0 Å². The van der Waals surface area contributed by atoms with E-state index in [0.29, 0.717) is 0 Å². The van der Waals surface area contributed by atoms with Crippen LogP contribution in [0, 0.1) is 0 Å². The van der Waals surface area contributed by atoms with E-state index in [0.717, 1.165) is 0 Å². The van der Waals surface area contributed by atoms with Crippen LogP contribution in [-0.2, 0) is 4.84 Å². The Morgan fingerprint density at radius 2 is 2.71 bits per heavy atom. The van der Waals surface area contributed by atoms with Crippen molar-refractivity contribution in [2.24, 2.45) is 0 Å². The van der Waals surface area contributed by atoms with Gasteiger partial charge in [-0.25, -0.2) is 5.01 Å². The molecule has 4 nitrogen and oxygen atoms in total. The van der Waals surface area contributed by atoms with Crippen LogP contribution in [0.3, 0.4) is 0 Å². The van der Waals surface area contributed by atoms with Crippen LogP contribution in [-0.4, -0.2) is 17.2 Å². The van der Waals surface area contributed by atoms with Crippen LogP contribution in [0.5, 0.6) is 0 Å². The first kappa shape index (κ1) is 4.26. The molecule has 1 rings (SSSR count). The number of hydrogen-bond donors (Lipinski definition) is 2. The second-order valence-corrected chi connectivity index (χ2v) is 1.24. The molecule has 0 aromatic carbocycles. The zero-order valence-corrected chi connectivity index (χ0v) is 3.88. The molecule has 0 fully saturated rings. The average Bonchev–Trinajstić information content (AvgIpc) is 1.91. The molecule has 0 radical (unpaired) electrons. The third-order valence-corrected chi connectivity index (χ3v) is 0.698. The standard InChI is InChI=1S/C3H6N2O2/c1-5-3(6)2-7-4-5/h2,4,6H,1H3. The highest BCUT2D eigenvalue weighted by Gasteiger charge is 2.06. The van der Waals surface area contributed by atoms with Gasteiger partial charge in [0, 0.05) is 7.05 Å². The number of hydrogen-bond acceptors (Lipinski definition) is 4. The highest BCUT2D eigenvalue weighted by atomic mass is 16.7. The smallest absolute Gasteiger partial charge is 0.242 e. The molecule has 0 aromatic rings. The molecule has 0 saturated heterocycles. The van der Waals surface area contributed by atoms with Crippen LogP contribution < -0.4 is 5.59 Å². The van der Waals surface area contributed by atoms with E-state index in [4.69, 9.17) is 5.11 Å². The molecule has 40 valence electrons. The Morgan fingerprint density at radius 1 is 2.00 bits per heavy atom. The number of aliphatic hydroxyl groups excluding tert-OH is 1. The number of hydrazine groups is 1. The molecule has 0 bridgehead atoms. The fourth-order valence-corrected chi connectivity index (χ4v) is 0.284. The van der Waals surface area contributed by atoms with Gasteiger partial charge in [0.25, 0.3) is 0 Å². The van der Waals surface area contributed by atoms with Crippen molar-refractivity contribution in [3.8, 4) is 0 Å². The van der Waals surface area contributed by atoms with E-state index in [1.54, 1.807) is 7.05 Å². The van der Waals surface area contributed by atoms with E-state index in [2.05, 4.69) is 10.4 Å². The van der Waals surface area contributed by atoms with Gasteiger partial charge < -0.3 is 9.94 Å². The van der Waals surface area contributed by atoms with Crippen molar-refractivity contribution < 1.29 is 9.94 Å². The summed E-state index contributed by atoms with van der Waals surface area (Å²) in [4.78, 5) is 4.43. The maximum absolute atomic E-state index is 8.60. The molecule has 0 saturated carbocycles. The molecule has 2 N–H and O–H groups in total. The summed E-state index contributed by atoms with van der Waals surface area (Å²) in [6.45, 7) is 0. The summed E-state index contributed by atoms with van der Waals surface area (Å²) in [6, 6.07) is 0. The largest absolute Gasteiger partial charge is 0.491 e. The minimum absolute atomic E-state index is 0.0833. The Kier molecular flexibility index (Phi) is 0.796. The summed E-state index contributed by atoms with van der Waals surface area (Å²) in [5, 5.41) is 9.94. The van der Waals surface area contributed by atoms with Crippen LogP contribution >= 0.6 is 0 Å². The zero-order valence-electron chi connectivity index (χ0n) is 3.88. The Labute approximate surface area is 40.9 Å². The van der Waals surface area contributed by atoms with Gasteiger partial charge in [0.2, 0.25) is 5.88 Å². The van der Waals surface area contributed by atoms with Gasteiger partial charge in [-0.2, -0.15) is 0 Å². The van der Waals surface area contributed by atoms with Crippen molar-refractivity contribution in [2.45, 2.75) is 0 Å². The number of nitrogens with one attached hydrogen (secondary N) is 1. The van der Waals surface area contributed by atoms with E-state index in [1.807, 2.05) is 0 Å². The molecule has 0 spiro atoms. The molecule has 1 aliphatic heterocycles. The minimum atomic E-state index is 0.0833. The molecule has 1 aliphatic rings. The quantitative estimate of drug-likeness (QED) is 0.441. The van der Waals surface area contributed by atoms with Gasteiger partial charge in [0.15, 0.2) is 6.26 Å². The fraction of sp³-hybridized carbons (Fsp3) is 0.333. The van der Waals surface area contributed by atoms with Crippen LogP contribution in [0.15, 0.2) is 12.1 Å². The molecule has 1 heterocycles. The van der Waals surface area contributed by atoms with E-state index < -0.39 is 0 Å². The second kappa shape index (κ2) is 1.31. The predicted octanol–water partition coefficient (Wildman–Crippen LogP) is -0.275. The van der Waals surface area contributed by atoms with Gasteiger partial charge in [0.1, 0.15) is 0 Å². The number of rotatable bonds is 0. The van der Waals surface area contributed by atoms with Crippen molar-refractivity contribution in [1.29, 1.82) is 0 Å². The SMILES string of the molecule is CN1NOC=C1O. The molecular formula is C3H6N2O2. The molecule has 4 heteroatoms. The maximum atomic E-state index is 8.60. The summed E-state index contributed by atoms with van der Waals surface area (Å²) in [7, 11) is 1.64. The first-order chi connectivity index (χ1) is 3.30. The Bertz CT molecular complexity index is 101. The van der Waals surface area contributed by atoms with Crippen molar-refractivity contribution in [1.82, 2.24) is 10.6 Å². The Morgan fingerprint density at radius 3 is 2.86 bits per heavy atom. The third-order valence-electron chi connectivity index (χ3n) is 0.698. The minimum Gasteiger partial charge on any atom is -0.491 e. The summed E-state index contributed by atoms with van der Waals surface area (Å²) in [5.74, 6) is 0.0833. The van der Waals surface area contributed by atoms with Crippen molar-refractivity contribution >= 4 is 0 Å². The highest BCUT2D eigenvalue weighted by Crippen LogP contribution is 1.97. The maximum Gasteiger partial charge on any atom is 0.242 e. The molecule has 0 amide bonds. The van der Waals surface area contributed by atoms with Gasteiger partial charge in [-0.15, -0.1) is 0 Å². The first-order valence-electron chi connectivity index (χ1n) is 1.85. The highest BCUT2D eigenvalue weighted by molar-refractivity contribution is 4.82. The monoisotopic (exact) mass is 102 g/mol. The molecule has 0 atom stereocenters. The third kappa shape index (κ3) is 0.592. The van der Waals surface area contributed by atoms with E-state index in [9.17, 15) is 0 Å². The molecular weight excluding hydrogens is 96.0 g/mol. The van der Waals surface area contributed by atoms with Gasteiger partial charge >= 0.3 is 0 Å². The fourth-order valence-electron chi connectivity index (χ4n) is 0.284. The van der Waals surface area contributed by atoms with E-state index in [-0.39, 0.29) is 5.88 Å². The topological polar surface area (TPSA) is 44.7 Å². The zero-order chi connectivity index (χ0) is 5.28. The van der Waals surface area contributed by atoms with E-state index in [1.165, 1.54) is 11.3 Å². The molecule has 0 unspecified atom stereocenters. The summed E-state index contributed by atoms with van der Waals surface area (Å²) < 4.78 is 0. The normalized spacial score (nSPS) is 19.0. The van der Waals surface area contributed by atoms with Gasteiger partial charge in [0.05, 0.1) is 0 Å². The summed E-state index contributed by atoms with van der Waals surface area (Å²) in [5.41, 5.74) is 2.36. The lowest BCUT2D eigenvalue weighted by molar-refractivity contribution is 0.0331. The number of aliphatic hydroxyl groups is 1. The lowest BCUT2D eigenvalue weighted by Gasteiger charge is -2.05. The Balaban J connectivity index is 2.54. The molecule has 7 heavy (non-hydrogen) atoms. The average molecular weight is 102 g/mol. The Hall–Kier alpha value is -0.900. The first-order valence-corrected chi connectivity index (χ1v) is 1.85. The van der Waals surface area contributed by atoms with Crippen molar-refractivity contribution in [2.75, 3.05) is 7.05 Å². The molecule has 0 aliphatic carbocycles. The van der Waals surface area contributed by atoms with Gasteiger partial charge in [-0.1, -0.05) is 5.59 Å². The van der Waals surface area contributed by atoms with Crippen molar-refractivity contribution in [3.63, 3.8) is 0 Å². The van der Waals surface area contributed by atoms with Crippen LogP contribution in [0.25, 0.3) is 0 Å². The lowest BCUT2D eigenvalue weighted by atomic mass is 10.8. The van der Waals surface area contributed by atoms with Gasteiger partial charge in [-0.3, -0.25) is 0 Å². The summed E-state index contributed by atoms with van der Waals surface area (Å²) >= 11 is 0. The van der Waals surface area contributed by atoms with Crippen LogP contribution in [0.1, 0.15) is 0 Å². The summed E-state index contributed by atoms with van der Waals surface area (Å²) in [6.07, 6.45) is 1.21. The van der Waals surface area contributed by atoms with Gasteiger partial charge in [-0.05, 0) is 0 Å². The second-order valence-electron chi connectivity index (χ2n) is 1.24. The lowest BCUT2D eigenvalue weighted by Crippen LogP contribution is -2.25. The van der Waals surface area contributed by atoms with Crippen LogP contribution in [0.2, 0.25) is 0 Å².